The number of rotatable bonds is 3. The van der Waals surface area contributed by atoms with Crippen LogP contribution in [0.1, 0.15) is 20.8 Å². The summed E-state index contributed by atoms with van der Waals surface area (Å²) in [6.07, 6.45) is 0. The number of guanidine groups is 1. The van der Waals surface area contributed by atoms with Crippen molar-refractivity contribution in [1.29, 1.82) is 0 Å². The zero-order valence-corrected chi connectivity index (χ0v) is 9.37. The second-order valence-electron chi connectivity index (χ2n) is 4.10. The van der Waals surface area contributed by atoms with Crippen LogP contribution in [-0.2, 0) is 4.79 Å². The Morgan fingerprint density at radius 1 is 1.57 bits per heavy atom. The van der Waals surface area contributed by atoms with E-state index in [0.717, 1.165) is 19.0 Å². The molecule has 4 heteroatoms. The molecule has 0 aliphatic carbocycles. The summed E-state index contributed by atoms with van der Waals surface area (Å²) in [6.45, 7) is 7.45. The monoisotopic (exact) mass is 197 g/mol. The number of hydrogen-bond acceptors (Lipinski definition) is 4. The maximum atomic E-state index is 11.3. The molecule has 0 bridgehead atoms. The number of carbonyl (C=O) groups is 1. The third-order valence-corrected chi connectivity index (χ3v) is 2.45. The zero-order chi connectivity index (χ0) is 10.7. The van der Waals surface area contributed by atoms with Crippen molar-refractivity contribution < 1.29 is 4.79 Å². The van der Waals surface area contributed by atoms with Gasteiger partial charge >= 0.3 is 0 Å². The lowest BCUT2D eigenvalue weighted by Gasteiger charge is -2.23. The second-order valence-corrected chi connectivity index (χ2v) is 4.10. The fraction of sp³-hybridized carbons (Fsp3) is 0.800. The molecular formula is C10H19N3O. The van der Waals surface area contributed by atoms with Crippen LogP contribution >= 0.6 is 0 Å². The van der Waals surface area contributed by atoms with Crippen molar-refractivity contribution in [2.24, 2.45) is 10.9 Å². The van der Waals surface area contributed by atoms with E-state index in [-0.39, 0.29) is 11.8 Å². The maximum absolute atomic E-state index is 11.3. The van der Waals surface area contributed by atoms with Gasteiger partial charge in [-0.2, -0.15) is 0 Å². The van der Waals surface area contributed by atoms with E-state index in [9.17, 15) is 4.79 Å². The highest BCUT2D eigenvalue weighted by molar-refractivity contribution is 5.89. The highest BCUT2D eigenvalue weighted by Crippen LogP contribution is 2.05. The van der Waals surface area contributed by atoms with Gasteiger partial charge in [-0.15, -0.1) is 0 Å². The summed E-state index contributed by atoms with van der Waals surface area (Å²) < 4.78 is 0. The molecule has 80 valence electrons. The Morgan fingerprint density at radius 3 is 2.57 bits per heavy atom. The molecule has 0 saturated carbocycles. The lowest BCUT2D eigenvalue weighted by atomic mass is 10.0. The first-order valence-electron chi connectivity index (χ1n) is 5.05. The molecule has 14 heavy (non-hydrogen) atoms. The van der Waals surface area contributed by atoms with Gasteiger partial charge < -0.3 is 10.2 Å². The third-order valence-electron chi connectivity index (χ3n) is 2.45. The summed E-state index contributed by atoms with van der Waals surface area (Å²) in [4.78, 5) is 17.7. The highest BCUT2D eigenvalue weighted by atomic mass is 16.1. The molecule has 4 nitrogen and oxygen atoms in total. The van der Waals surface area contributed by atoms with Gasteiger partial charge in [-0.25, -0.2) is 0 Å². The van der Waals surface area contributed by atoms with Gasteiger partial charge in [0.15, 0.2) is 11.7 Å². The van der Waals surface area contributed by atoms with Crippen LogP contribution in [0.4, 0.5) is 0 Å². The van der Waals surface area contributed by atoms with E-state index in [0.29, 0.717) is 5.92 Å². The molecule has 1 rings (SSSR count). The van der Waals surface area contributed by atoms with Crippen molar-refractivity contribution in [3.05, 3.63) is 0 Å². The number of aliphatic imine (C=N–C) groups is 1. The van der Waals surface area contributed by atoms with Crippen molar-refractivity contribution in [3.63, 3.8) is 0 Å². The van der Waals surface area contributed by atoms with Gasteiger partial charge in [0, 0.05) is 13.6 Å². The van der Waals surface area contributed by atoms with Gasteiger partial charge in [-0.1, -0.05) is 13.8 Å². The maximum Gasteiger partial charge on any atom is 0.194 e. The number of nitrogens with zero attached hydrogens (tertiary/aromatic N) is 2. The molecule has 1 aliphatic rings. The van der Waals surface area contributed by atoms with Crippen LogP contribution < -0.4 is 5.32 Å². The minimum Gasteiger partial charge on any atom is -0.346 e. The number of likely N-dealkylation sites (N-methyl/N-ethyl adjacent to an activating group) is 1. The Kier molecular flexibility index (Phi) is 3.49. The van der Waals surface area contributed by atoms with E-state index in [1.54, 1.807) is 6.92 Å². The molecule has 1 atom stereocenters. The molecule has 1 heterocycles. The number of carbonyl (C=O) groups excluding carboxylic acids is 1. The van der Waals surface area contributed by atoms with E-state index >= 15 is 0 Å². The molecule has 1 N–H and O–H groups in total. The number of nitrogens with one attached hydrogen (secondary N) is 1. The van der Waals surface area contributed by atoms with Crippen molar-refractivity contribution in [3.8, 4) is 0 Å². The standard InChI is InChI=1S/C10H19N3O/c1-7(2)9(8(3)14)12-10-11-5-6-13(10)4/h7,9H,5-6H2,1-4H3,(H,11,12)/t9-/m0/s1. The lowest BCUT2D eigenvalue weighted by molar-refractivity contribution is -0.119. The van der Waals surface area contributed by atoms with Gasteiger partial charge in [-0.3, -0.25) is 9.79 Å². The van der Waals surface area contributed by atoms with E-state index < -0.39 is 0 Å². The van der Waals surface area contributed by atoms with E-state index in [4.69, 9.17) is 0 Å². The van der Waals surface area contributed by atoms with E-state index in [1.807, 2.05) is 25.8 Å². The van der Waals surface area contributed by atoms with Gasteiger partial charge in [0.1, 0.15) is 0 Å². The van der Waals surface area contributed by atoms with Crippen molar-refractivity contribution >= 4 is 11.7 Å². The Balaban J connectivity index is 2.60. The molecular weight excluding hydrogens is 178 g/mol. The van der Waals surface area contributed by atoms with Crippen molar-refractivity contribution in [2.75, 3.05) is 20.1 Å². The van der Waals surface area contributed by atoms with Gasteiger partial charge in [0.25, 0.3) is 0 Å². The van der Waals surface area contributed by atoms with Crippen LogP contribution in [0.3, 0.4) is 0 Å². The first-order valence-corrected chi connectivity index (χ1v) is 5.05. The highest BCUT2D eigenvalue weighted by Gasteiger charge is 2.22. The predicted octanol–water partition coefficient (Wildman–Crippen LogP) is 0.491. The lowest BCUT2D eigenvalue weighted by Crippen LogP contribution is -2.47. The van der Waals surface area contributed by atoms with Gasteiger partial charge in [0.2, 0.25) is 0 Å². The average molecular weight is 197 g/mol. The Bertz CT molecular complexity index is 248. The van der Waals surface area contributed by atoms with Gasteiger partial charge in [0.05, 0.1) is 12.6 Å². The van der Waals surface area contributed by atoms with Crippen LogP contribution in [-0.4, -0.2) is 42.8 Å². The molecule has 0 saturated heterocycles. The molecule has 0 aromatic carbocycles. The van der Waals surface area contributed by atoms with Crippen molar-refractivity contribution in [2.45, 2.75) is 26.8 Å². The number of Topliss-reactive ketones (excluding diaryl/α,β-unsaturated/α-hetero) is 1. The summed E-state index contributed by atoms with van der Waals surface area (Å²) in [7, 11) is 1.98. The van der Waals surface area contributed by atoms with E-state index in [2.05, 4.69) is 10.3 Å². The SMILES string of the molecule is CC(=O)[C@@H](NC1=NCCN1C)C(C)C. The van der Waals surface area contributed by atoms with Crippen LogP contribution in [0, 0.1) is 5.92 Å². The number of ketones is 1. The molecule has 0 radical (unpaired) electrons. The molecule has 0 spiro atoms. The Hall–Kier alpha value is -1.06. The molecule has 1 aliphatic heterocycles. The average Bonchev–Trinajstić information content (AvgIpc) is 2.46. The molecule has 0 aromatic rings. The third kappa shape index (κ3) is 2.47. The predicted molar refractivity (Wildman–Crippen MR) is 57.4 cm³/mol. The number of hydrogen-bond donors (Lipinski definition) is 1. The molecule has 0 unspecified atom stereocenters. The van der Waals surface area contributed by atoms with Crippen LogP contribution in [0.25, 0.3) is 0 Å². The van der Waals surface area contributed by atoms with Gasteiger partial charge in [-0.05, 0) is 12.8 Å². The topological polar surface area (TPSA) is 44.7 Å². The minimum atomic E-state index is -0.116. The minimum absolute atomic E-state index is 0.116. The summed E-state index contributed by atoms with van der Waals surface area (Å²) in [6, 6.07) is -0.116. The summed E-state index contributed by atoms with van der Waals surface area (Å²) in [5.74, 6) is 1.31. The normalized spacial score (nSPS) is 18.4. The summed E-state index contributed by atoms with van der Waals surface area (Å²) >= 11 is 0. The smallest absolute Gasteiger partial charge is 0.194 e. The summed E-state index contributed by atoms with van der Waals surface area (Å²) in [5, 5.41) is 3.19. The Labute approximate surface area is 85.4 Å². The van der Waals surface area contributed by atoms with Crippen molar-refractivity contribution in [1.82, 2.24) is 10.2 Å². The van der Waals surface area contributed by atoms with Crippen LogP contribution in [0.5, 0.6) is 0 Å². The second kappa shape index (κ2) is 4.44. The first kappa shape index (κ1) is 11.0. The molecule has 0 amide bonds. The Morgan fingerprint density at radius 2 is 2.21 bits per heavy atom. The molecule has 0 fully saturated rings. The molecule has 0 aromatic heterocycles. The first-order chi connectivity index (χ1) is 6.52. The van der Waals surface area contributed by atoms with E-state index in [1.165, 1.54) is 0 Å². The summed E-state index contributed by atoms with van der Waals surface area (Å²) in [5.41, 5.74) is 0. The zero-order valence-electron chi connectivity index (χ0n) is 9.37. The largest absolute Gasteiger partial charge is 0.346 e. The van der Waals surface area contributed by atoms with Crippen LogP contribution in [0.2, 0.25) is 0 Å². The van der Waals surface area contributed by atoms with Crippen LogP contribution in [0.15, 0.2) is 4.99 Å². The fourth-order valence-corrected chi connectivity index (χ4v) is 1.57. The fourth-order valence-electron chi connectivity index (χ4n) is 1.57. The quantitative estimate of drug-likeness (QED) is 0.716.